The summed E-state index contributed by atoms with van der Waals surface area (Å²) in [6, 6.07) is 4.42. The van der Waals surface area contributed by atoms with Gasteiger partial charge in [0.25, 0.3) is 5.91 Å². The van der Waals surface area contributed by atoms with Crippen molar-refractivity contribution in [3.63, 3.8) is 0 Å². The minimum Gasteiger partial charge on any atom is -0.490 e. The van der Waals surface area contributed by atoms with Gasteiger partial charge in [0.2, 0.25) is 0 Å². The summed E-state index contributed by atoms with van der Waals surface area (Å²) in [6.45, 7) is 4.80. The highest BCUT2D eigenvalue weighted by atomic mass is 35.5. The molecule has 0 aliphatic carbocycles. The lowest BCUT2D eigenvalue weighted by molar-refractivity contribution is 0.0946. The molecule has 0 radical (unpaired) electrons. The molecule has 1 aromatic carbocycles. The van der Waals surface area contributed by atoms with Crippen molar-refractivity contribution in [2.45, 2.75) is 26.2 Å². The van der Waals surface area contributed by atoms with Crippen LogP contribution in [0.3, 0.4) is 0 Å². The number of benzene rings is 1. The van der Waals surface area contributed by atoms with Gasteiger partial charge in [-0.2, -0.15) is 0 Å². The third-order valence-corrected chi connectivity index (χ3v) is 3.74. The van der Waals surface area contributed by atoms with E-state index in [1.165, 1.54) is 25.0 Å². The normalized spacial score (nSPS) is 17.5. The van der Waals surface area contributed by atoms with E-state index in [0.717, 1.165) is 19.5 Å². The van der Waals surface area contributed by atoms with Crippen molar-refractivity contribution in [1.82, 2.24) is 10.6 Å². The molecule has 1 saturated heterocycles. The number of ether oxygens (including phenoxy) is 1. The fourth-order valence-corrected chi connectivity index (χ4v) is 2.63. The molecule has 124 valence electrons. The first-order valence-electron chi connectivity index (χ1n) is 7.62. The van der Waals surface area contributed by atoms with Crippen LogP contribution in [0.15, 0.2) is 18.2 Å². The highest BCUT2D eigenvalue weighted by molar-refractivity contribution is 5.96. The quantitative estimate of drug-likeness (QED) is 0.843. The van der Waals surface area contributed by atoms with Gasteiger partial charge in [-0.05, 0) is 57.3 Å². The molecule has 6 heteroatoms. The molecule has 22 heavy (non-hydrogen) atoms. The van der Waals surface area contributed by atoms with E-state index >= 15 is 0 Å². The predicted octanol–water partition coefficient (Wildman–Crippen LogP) is 2.77. The number of rotatable bonds is 6. The van der Waals surface area contributed by atoms with Crippen LogP contribution in [0, 0.1) is 11.7 Å². The summed E-state index contributed by atoms with van der Waals surface area (Å²) in [5.41, 5.74) is 0.263. The zero-order chi connectivity index (χ0) is 15.1. The van der Waals surface area contributed by atoms with E-state index in [1.54, 1.807) is 13.0 Å². The van der Waals surface area contributed by atoms with Gasteiger partial charge in [0.05, 0.1) is 12.2 Å². The number of carbonyl (C=O) groups is 1. The van der Waals surface area contributed by atoms with Crippen LogP contribution in [0.5, 0.6) is 5.75 Å². The Labute approximate surface area is 137 Å². The molecule has 0 saturated carbocycles. The maximum atomic E-state index is 13.7. The van der Waals surface area contributed by atoms with Crippen LogP contribution in [-0.4, -0.2) is 32.1 Å². The number of piperidine rings is 1. The van der Waals surface area contributed by atoms with E-state index in [4.69, 9.17) is 4.74 Å². The number of nitrogens with one attached hydrogen (secondary N) is 2. The summed E-state index contributed by atoms with van der Waals surface area (Å²) in [5.74, 6) is -0.127. The maximum absolute atomic E-state index is 13.7. The van der Waals surface area contributed by atoms with Crippen LogP contribution in [-0.2, 0) is 0 Å². The van der Waals surface area contributed by atoms with E-state index in [0.29, 0.717) is 19.1 Å². The van der Waals surface area contributed by atoms with Gasteiger partial charge in [-0.15, -0.1) is 12.4 Å². The Morgan fingerprint density at radius 3 is 3.00 bits per heavy atom. The molecule has 1 aromatic rings. The van der Waals surface area contributed by atoms with Gasteiger partial charge < -0.3 is 15.4 Å². The topological polar surface area (TPSA) is 50.4 Å². The van der Waals surface area contributed by atoms with Crippen LogP contribution in [0.2, 0.25) is 0 Å². The summed E-state index contributed by atoms with van der Waals surface area (Å²) in [5, 5.41) is 6.21. The Morgan fingerprint density at radius 1 is 1.50 bits per heavy atom. The summed E-state index contributed by atoms with van der Waals surface area (Å²) < 4.78 is 18.9. The van der Waals surface area contributed by atoms with Gasteiger partial charge in [0.1, 0.15) is 0 Å². The molecule has 1 aliphatic heterocycles. The number of para-hydroxylation sites is 1. The Bertz CT molecular complexity index is 479. The fourth-order valence-electron chi connectivity index (χ4n) is 2.63. The van der Waals surface area contributed by atoms with Gasteiger partial charge in [0.15, 0.2) is 11.6 Å². The molecular formula is C16H24ClFN2O2. The van der Waals surface area contributed by atoms with Crippen LogP contribution in [0.25, 0.3) is 0 Å². The third-order valence-electron chi connectivity index (χ3n) is 3.74. The SMILES string of the molecule is CCOc1c(F)cccc1C(=O)NCCC1CCCNC1.Cl. The van der Waals surface area contributed by atoms with Crippen LogP contribution in [0.1, 0.15) is 36.5 Å². The van der Waals surface area contributed by atoms with Crippen molar-refractivity contribution in [3.05, 3.63) is 29.6 Å². The Morgan fingerprint density at radius 2 is 2.32 bits per heavy atom. The lowest BCUT2D eigenvalue weighted by atomic mass is 9.96. The molecule has 1 unspecified atom stereocenters. The minimum atomic E-state index is -0.499. The monoisotopic (exact) mass is 330 g/mol. The first kappa shape index (κ1) is 18.7. The van der Waals surface area contributed by atoms with Crippen molar-refractivity contribution in [1.29, 1.82) is 0 Å². The highest BCUT2D eigenvalue weighted by Gasteiger charge is 2.17. The lowest BCUT2D eigenvalue weighted by Crippen LogP contribution is -2.33. The van der Waals surface area contributed by atoms with Gasteiger partial charge in [-0.25, -0.2) is 4.39 Å². The number of halogens is 2. The summed E-state index contributed by atoms with van der Waals surface area (Å²) in [6.07, 6.45) is 3.34. The molecule has 1 aliphatic rings. The van der Waals surface area contributed by atoms with E-state index in [2.05, 4.69) is 10.6 Å². The van der Waals surface area contributed by atoms with Crippen LogP contribution >= 0.6 is 12.4 Å². The molecular weight excluding hydrogens is 307 g/mol. The first-order chi connectivity index (χ1) is 10.2. The Kier molecular flexibility index (Phi) is 8.20. The molecule has 1 heterocycles. The Balaban J connectivity index is 0.00000242. The lowest BCUT2D eigenvalue weighted by Gasteiger charge is -2.22. The molecule has 1 atom stereocenters. The third kappa shape index (κ3) is 5.14. The number of hydrogen-bond donors (Lipinski definition) is 2. The molecule has 0 spiro atoms. The number of hydrogen-bond acceptors (Lipinski definition) is 3. The molecule has 1 amide bonds. The summed E-state index contributed by atoms with van der Waals surface area (Å²) >= 11 is 0. The highest BCUT2D eigenvalue weighted by Crippen LogP contribution is 2.22. The maximum Gasteiger partial charge on any atom is 0.255 e. The number of amides is 1. The summed E-state index contributed by atoms with van der Waals surface area (Å²) in [7, 11) is 0. The molecule has 4 nitrogen and oxygen atoms in total. The van der Waals surface area contributed by atoms with Gasteiger partial charge in [-0.3, -0.25) is 4.79 Å². The second-order valence-corrected chi connectivity index (χ2v) is 5.31. The van der Waals surface area contributed by atoms with Crippen LogP contribution < -0.4 is 15.4 Å². The standard InChI is InChI=1S/C16H23FN2O2.ClH/c1-2-21-15-13(6-3-7-14(15)17)16(20)19-10-8-12-5-4-9-18-11-12;/h3,6-7,12,18H,2,4-5,8-11H2,1H3,(H,19,20);1H. The van der Waals surface area contributed by atoms with E-state index in [9.17, 15) is 9.18 Å². The van der Waals surface area contributed by atoms with E-state index in [1.807, 2.05) is 0 Å². The summed E-state index contributed by atoms with van der Waals surface area (Å²) in [4.78, 5) is 12.2. The molecule has 0 bridgehead atoms. The zero-order valence-electron chi connectivity index (χ0n) is 12.9. The molecule has 0 aromatic heterocycles. The van der Waals surface area contributed by atoms with Crippen molar-refractivity contribution in [3.8, 4) is 5.75 Å². The second kappa shape index (κ2) is 9.64. The van der Waals surface area contributed by atoms with Crippen molar-refractivity contribution in [2.75, 3.05) is 26.2 Å². The first-order valence-corrected chi connectivity index (χ1v) is 7.62. The molecule has 2 N–H and O–H groups in total. The molecule has 2 rings (SSSR count). The van der Waals surface area contributed by atoms with Crippen molar-refractivity contribution < 1.29 is 13.9 Å². The van der Waals surface area contributed by atoms with Gasteiger partial charge in [-0.1, -0.05) is 6.07 Å². The number of carbonyl (C=O) groups excluding carboxylic acids is 1. The van der Waals surface area contributed by atoms with Gasteiger partial charge in [0, 0.05) is 6.54 Å². The second-order valence-electron chi connectivity index (χ2n) is 5.31. The smallest absolute Gasteiger partial charge is 0.255 e. The van der Waals surface area contributed by atoms with Gasteiger partial charge >= 0.3 is 0 Å². The van der Waals surface area contributed by atoms with Crippen molar-refractivity contribution in [2.24, 2.45) is 5.92 Å². The average Bonchev–Trinajstić information content (AvgIpc) is 2.50. The van der Waals surface area contributed by atoms with E-state index < -0.39 is 5.82 Å². The predicted molar refractivity (Wildman–Crippen MR) is 87.4 cm³/mol. The largest absolute Gasteiger partial charge is 0.490 e. The average molecular weight is 331 g/mol. The van der Waals surface area contributed by atoms with Crippen molar-refractivity contribution >= 4 is 18.3 Å². The zero-order valence-corrected chi connectivity index (χ0v) is 13.7. The minimum absolute atomic E-state index is 0. The van der Waals surface area contributed by atoms with E-state index in [-0.39, 0.29) is 29.6 Å². The molecule has 1 fully saturated rings. The Hall–Kier alpha value is -1.33. The fraction of sp³-hybridized carbons (Fsp3) is 0.562. The van der Waals surface area contributed by atoms with Crippen LogP contribution in [0.4, 0.5) is 4.39 Å².